The summed E-state index contributed by atoms with van der Waals surface area (Å²) in [5.41, 5.74) is 0. The Balaban J connectivity index is 2.20. The predicted octanol–water partition coefficient (Wildman–Crippen LogP) is 1.63. The summed E-state index contributed by atoms with van der Waals surface area (Å²) in [5, 5.41) is 8.49. The van der Waals surface area contributed by atoms with Crippen molar-refractivity contribution >= 4 is 20.1 Å². The molecule has 5 heteroatoms. The molecule has 0 spiro atoms. The first-order valence-electron chi connectivity index (χ1n) is 2.88. The molecule has 0 bridgehead atoms. The first-order valence-corrected chi connectivity index (χ1v) is 4.85. The second-order valence-corrected chi connectivity index (χ2v) is 4.17. The zero-order valence-corrected chi connectivity index (χ0v) is 7.02. The zero-order chi connectivity index (χ0) is 7.23. The molecule has 0 aromatic heterocycles. The molecule has 1 N–H and O–H groups in total. The van der Waals surface area contributed by atoms with Crippen LogP contribution in [0, 0.1) is 0 Å². The highest BCUT2D eigenvalue weighted by molar-refractivity contribution is 8.03. The molecule has 0 radical (unpaired) electrons. The maximum absolute atomic E-state index is 8.49. The molecule has 1 aliphatic heterocycles. The monoisotopic (exact) mass is 177 g/mol. The van der Waals surface area contributed by atoms with E-state index in [2.05, 4.69) is 9.75 Å². The third kappa shape index (κ3) is 2.69. The van der Waals surface area contributed by atoms with Gasteiger partial charge in [-0.3, -0.25) is 0 Å². The minimum atomic E-state index is 0.228. The first-order chi connectivity index (χ1) is 4.93. The lowest BCUT2D eigenvalue weighted by molar-refractivity contribution is 0.273. The van der Waals surface area contributed by atoms with Crippen molar-refractivity contribution in [2.75, 3.05) is 12.4 Å². The van der Waals surface area contributed by atoms with Crippen LogP contribution in [0.3, 0.4) is 0 Å². The van der Waals surface area contributed by atoms with Crippen LogP contribution in [0.4, 0.5) is 0 Å². The standard InChI is InChI=1S/C5H8NO2PS/c7-2-4-10-5-1-3-8-6-9-5/h1,3,5,7H,2,4H2. The molecule has 0 fully saturated rings. The quantitative estimate of drug-likeness (QED) is 0.666. The largest absolute Gasteiger partial charge is 0.396 e. The molecule has 0 amide bonds. The lowest BCUT2D eigenvalue weighted by Gasteiger charge is -2.05. The summed E-state index contributed by atoms with van der Waals surface area (Å²) in [6, 6.07) is 0. The van der Waals surface area contributed by atoms with Crippen molar-refractivity contribution in [3.05, 3.63) is 12.3 Å². The molecule has 1 rings (SSSR count). The number of hydrogen-bond donors (Lipinski definition) is 1. The van der Waals surface area contributed by atoms with Gasteiger partial charge >= 0.3 is 0 Å². The Labute approximate surface area is 65.3 Å². The fourth-order valence-electron chi connectivity index (χ4n) is 0.504. The Bertz CT molecular complexity index is 139. The van der Waals surface area contributed by atoms with E-state index in [1.165, 1.54) is 0 Å². The van der Waals surface area contributed by atoms with Gasteiger partial charge in [-0.15, -0.1) is 11.8 Å². The van der Waals surface area contributed by atoms with E-state index < -0.39 is 0 Å². The lowest BCUT2D eigenvalue weighted by atomic mass is 10.7. The Morgan fingerprint density at radius 2 is 2.70 bits per heavy atom. The average Bonchev–Trinajstić information content (AvgIpc) is 2.03. The van der Waals surface area contributed by atoms with Gasteiger partial charge in [-0.05, 0) is 6.08 Å². The third-order valence-electron chi connectivity index (χ3n) is 0.892. The first kappa shape index (κ1) is 8.05. The van der Waals surface area contributed by atoms with Crippen molar-refractivity contribution in [1.82, 2.24) is 0 Å². The Morgan fingerprint density at radius 1 is 1.80 bits per heavy atom. The van der Waals surface area contributed by atoms with E-state index in [0.717, 1.165) is 14.1 Å². The second-order valence-electron chi connectivity index (χ2n) is 1.62. The van der Waals surface area contributed by atoms with Crippen LogP contribution < -0.4 is 0 Å². The lowest BCUT2D eigenvalue weighted by Crippen LogP contribution is -1.94. The maximum atomic E-state index is 8.49. The van der Waals surface area contributed by atoms with Gasteiger partial charge in [0.05, 0.1) is 20.0 Å². The molecule has 0 aromatic carbocycles. The smallest absolute Gasteiger partial charge is 0.120 e. The van der Waals surface area contributed by atoms with Crippen LogP contribution in [0.25, 0.3) is 0 Å². The van der Waals surface area contributed by atoms with Gasteiger partial charge in [-0.25, -0.2) is 0 Å². The van der Waals surface area contributed by atoms with Crippen LogP contribution in [-0.2, 0) is 4.84 Å². The van der Waals surface area contributed by atoms with Crippen LogP contribution in [0.5, 0.6) is 0 Å². The summed E-state index contributed by atoms with van der Waals surface area (Å²) in [6.07, 6.45) is 3.51. The van der Waals surface area contributed by atoms with E-state index in [9.17, 15) is 0 Å². The fourth-order valence-corrected chi connectivity index (χ4v) is 2.07. The van der Waals surface area contributed by atoms with E-state index in [4.69, 9.17) is 5.11 Å². The molecule has 1 aliphatic rings. The molecule has 1 atom stereocenters. The van der Waals surface area contributed by atoms with Gasteiger partial charge in [-0.2, -0.15) is 0 Å². The third-order valence-corrected chi connectivity index (χ3v) is 3.13. The highest BCUT2D eigenvalue weighted by Gasteiger charge is 2.04. The summed E-state index contributed by atoms with van der Waals surface area (Å²) in [5.74, 6) is 0.761. The van der Waals surface area contributed by atoms with Gasteiger partial charge < -0.3 is 9.94 Å². The van der Waals surface area contributed by atoms with E-state index in [0.29, 0.717) is 4.99 Å². The van der Waals surface area contributed by atoms with Gasteiger partial charge in [-0.1, -0.05) is 4.91 Å². The van der Waals surface area contributed by atoms with E-state index >= 15 is 0 Å². The van der Waals surface area contributed by atoms with Crippen molar-refractivity contribution in [1.29, 1.82) is 0 Å². The molecule has 1 unspecified atom stereocenters. The van der Waals surface area contributed by atoms with Crippen LogP contribution in [0.2, 0.25) is 0 Å². The van der Waals surface area contributed by atoms with Crippen LogP contribution in [-0.4, -0.2) is 22.5 Å². The highest BCUT2D eigenvalue weighted by atomic mass is 32.2. The second kappa shape index (κ2) is 4.72. The number of hydrogen-bond acceptors (Lipinski definition) is 4. The minimum absolute atomic E-state index is 0.228. The van der Waals surface area contributed by atoms with Gasteiger partial charge in [0.1, 0.15) is 6.26 Å². The molecule has 0 saturated heterocycles. The summed E-state index contributed by atoms with van der Waals surface area (Å²) >= 11 is 1.67. The van der Waals surface area contributed by atoms with E-state index in [1.54, 1.807) is 18.0 Å². The SMILES string of the molecule is OCCSC1C=CON=P1. The molecule has 0 aliphatic carbocycles. The van der Waals surface area contributed by atoms with Crippen molar-refractivity contribution in [3.8, 4) is 0 Å². The summed E-state index contributed by atoms with van der Waals surface area (Å²) in [4.78, 5) is 8.69. The van der Waals surface area contributed by atoms with Crippen molar-refractivity contribution in [2.45, 2.75) is 4.99 Å². The topological polar surface area (TPSA) is 41.8 Å². The minimum Gasteiger partial charge on any atom is -0.396 e. The number of aliphatic hydroxyl groups is 1. The molecule has 10 heavy (non-hydrogen) atoms. The van der Waals surface area contributed by atoms with Crippen molar-refractivity contribution < 1.29 is 9.94 Å². The van der Waals surface area contributed by atoms with E-state index in [-0.39, 0.29) is 6.61 Å². The Hall–Kier alpha value is -0.0500. The summed E-state index contributed by atoms with van der Waals surface area (Å²) < 4.78 is 0. The van der Waals surface area contributed by atoms with Crippen molar-refractivity contribution in [3.63, 3.8) is 0 Å². The zero-order valence-electron chi connectivity index (χ0n) is 5.30. The van der Waals surface area contributed by atoms with Crippen LogP contribution in [0.15, 0.2) is 17.2 Å². The molecule has 0 saturated carbocycles. The highest BCUT2D eigenvalue weighted by Crippen LogP contribution is 2.27. The molecular weight excluding hydrogens is 169 g/mol. The molecule has 3 nitrogen and oxygen atoms in total. The number of rotatable bonds is 3. The molecule has 56 valence electrons. The van der Waals surface area contributed by atoms with Crippen LogP contribution in [0.1, 0.15) is 0 Å². The van der Waals surface area contributed by atoms with Gasteiger partial charge in [0, 0.05) is 5.75 Å². The van der Waals surface area contributed by atoms with Gasteiger partial charge in [0.15, 0.2) is 0 Å². The number of thioether (sulfide) groups is 1. The number of nitrogens with zero attached hydrogens (tertiary/aromatic N) is 1. The predicted molar refractivity (Wildman–Crippen MR) is 42.9 cm³/mol. The Morgan fingerprint density at radius 3 is 3.30 bits per heavy atom. The van der Waals surface area contributed by atoms with E-state index in [1.807, 2.05) is 6.08 Å². The maximum Gasteiger partial charge on any atom is 0.120 e. The molecular formula is C5H8NO2PS. The Kier molecular flexibility index (Phi) is 3.80. The van der Waals surface area contributed by atoms with Gasteiger partial charge in [0.2, 0.25) is 0 Å². The summed E-state index contributed by atoms with van der Waals surface area (Å²) in [7, 11) is 0.921. The summed E-state index contributed by atoms with van der Waals surface area (Å²) in [6.45, 7) is 0.228. The fraction of sp³-hybridized carbons (Fsp3) is 0.600. The number of aliphatic hydroxyl groups excluding tert-OH is 1. The van der Waals surface area contributed by atoms with Gasteiger partial charge in [0.25, 0.3) is 0 Å². The molecule has 0 aromatic rings. The average molecular weight is 177 g/mol. The normalized spacial score (nSPS) is 24.3. The molecule has 1 heterocycles. The van der Waals surface area contributed by atoms with Crippen LogP contribution >= 0.6 is 20.1 Å². The van der Waals surface area contributed by atoms with Crippen molar-refractivity contribution in [2.24, 2.45) is 4.91 Å².